The van der Waals surface area contributed by atoms with Crippen molar-refractivity contribution in [3.8, 4) is 5.75 Å². The van der Waals surface area contributed by atoms with Crippen LogP contribution in [0.1, 0.15) is 45.2 Å². The Balaban J connectivity index is 1.91. The number of hydrogen-bond acceptors (Lipinski definition) is 5. The Labute approximate surface area is 184 Å². The number of carbonyl (C=O) groups excluding carboxylic acids is 2. The van der Waals surface area contributed by atoms with E-state index in [-0.39, 0.29) is 18.5 Å². The first kappa shape index (κ1) is 24.3. The quantitative estimate of drug-likeness (QED) is 0.345. The fourth-order valence-electron chi connectivity index (χ4n) is 2.90. The van der Waals surface area contributed by atoms with E-state index < -0.39 is 11.7 Å². The molecule has 9 heteroatoms. The van der Waals surface area contributed by atoms with Crippen molar-refractivity contribution in [2.24, 2.45) is 4.99 Å². The number of nitrogens with one attached hydrogen (secondary N) is 3. The molecule has 172 valence electrons. The van der Waals surface area contributed by atoms with Crippen LogP contribution < -0.4 is 20.7 Å². The highest BCUT2D eigenvalue weighted by atomic mass is 16.6. The van der Waals surface area contributed by atoms with E-state index in [0.717, 1.165) is 17.7 Å². The standard InChI is InChI=1S/C22H35N5O4/c1-22(2,3)31-21(29)24-13-8-12-23-20(25-15-19(28)27(4)5)26-17-11-14-30-18-10-7-6-9-16(17)18/h6-7,9-10,17H,8,11-15H2,1-5H3,(H,24,29)(H2,23,25,26). The number of fused-ring (bicyclic) bond motifs is 1. The molecule has 0 aliphatic carbocycles. The summed E-state index contributed by atoms with van der Waals surface area (Å²) in [7, 11) is 3.41. The van der Waals surface area contributed by atoms with Crippen LogP contribution in [0.25, 0.3) is 0 Å². The van der Waals surface area contributed by atoms with Gasteiger partial charge in [0.2, 0.25) is 5.91 Å². The highest BCUT2D eigenvalue weighted by Crippen LogP contribution is 2.31. The van der Waals surface area contributed by atoms with Crippen molar-refractivity contribution < 1.29 is 19.1 Å². The van der Waals surface area contributed by atoms with E-state index in [1.54, 1.807) is 14.1 Å². The summed E-state index contributed by atoms with van der Waals surface area (Å²) in [6.07, 6.45) is 1.03. The normalized spacial score (nSPS) is 15.9. The highest BCUT2D eigenvalue weighted by Gasteiger charge is 2.22. The minimum atomic E-state index is -0.523. The largest absolute Gasteiger partial charge is 0.493 e. The predicted molar refractivity (Wildman–Crippen MR) is 120 cm³/mol. The number of ether oxygens (including phenoxy) is 2. The molecule has 3 N–H and O–H groups in total. The van der Waals surface area contributed by atoms with Crippen LogP contribution >= 0.6 is 0 Å². The zero-order valence-electron chi connectivity index (χ0n) is 19.2. The molecule has 0 spiro atoms. The maximum atomic E-state index is 12.0. The molecule has 0 aromatic heterocycles. The number of nitrogens with zero attached hydrogens (tertiary/aromatic N) is 2. The van der Waals surface area contributed by atoms with E-state index in [9.17, 15) is 9.59 Å². The molecule has 1 aromatic rings. The van der Waals surface area contributed by atoms with Gasteiger partial charge in [0.1, 0.15) is 17.9 Å². The van der Waals surface area contributed by atoms with Crippen LogP contribution in [0.5, 0.6) is 5.75 Å². The van der Waals surface area contributed by atoms with Crippen LogP contribution in [-0.2, 0) is 9.53 Å². The zero-order chi connectivity index (χ0) is 22.9. The van der Waals surface area contributed by atoms with E-state index in [2.05, 4.69) is 20.9 Å². The van der Waals surface area contributed by atoms with Gasteiger partial charge in [-0.2, -0.15) is 0 Å². The number of rotatable bonds is 7. The second-order valence-corrected chi connectivity index (χ2v) is 8.53. The lowest BCUT2D eigenvalue weighted by Crippen LogP contribution is -2.43. The number of aliphatic imine (C=N–C) groups is 1. The van der Waals surface area contributed by atoms with Crippen LogP contribution in [0.15, 0.2) is 29.3 Å². The van der Waals surface area contributed by atoms with Crippen molar-refractivity contribution in [3.63, 3.8) is 0 Å². The van der Waals surface area contributed by atoms with Crippen molar-refractivity contribution in [2.75, 3.05) is 40.3 Å². The van der Waals surface area contributed by atoms with Gasteiger partial charge in [-0.1, -0.05) is 18.2 Å². The first-order chi connectivity index (χ1) is 14.7. The van der Waals surface area contributed by atoms with Crippen molar-refractivity contribution in [1.29, 1.82) is 0 Å². The minimum absolute atomic E-state index is 0.0329. The molecule has 2 rings (SSSR count). The molecule has 1 aliphatic rings. The first-order valence-corrected chi connectivity index (χ1v) is 10.6. The summed E-state index contributed by atoms with van der Waals surface area (Å²) in [5.74, 6) is 1.32. The van der Waals surface area contributed by atoms with E-state index in [1.807, 2.05) is 45.0 Å². The van der Waals surface area contributed by atoms with Gasteiger partial charge < -0.3 is 30.3 Å². The number of amides is 2. The molecule has 1 aliphatic heterocycles. The summed E-state index contributed by atoms with van der Waals surface area (Å²) in [5, 5.41) is 9.40. The second-order valence-electron chi connectivity index (χ2n) is 8.53. The van der Waals surface area contributed by atoms with E-state index >= 15 is 0 Å². The van der Waals surface area contributed by atoms with Crippen molar-refractivity contribution in [3.05, 3.63) is 29.8 Å². The van der Waals surface area contributed by atoms with Crippen LogP contribution in [0.2, 0.25) is 0 Å². The Bertz CT molecular complexity index is 773. The van der Waals surface area contributed by atoms with Gasteiger partial charge in [-0.3, -0.25) is 4.79 Å². The number of benzene rings is 1. The van der Waals surface area contributed by atoms with Crippen LogP contribution in [0.3, 0.4) is 0 Å². The average Bonchev–Trinajstić information content (AvgIpc) is 2.70. The SMILES string of the molecule is CN(C)C(=O)CN=C(NCCCNC(=O)OC(C)(C)C)NC1CCOc2ccccc21. The Morgan fingerprint density at radius 2 is 1.90 bits per heavy atom. The van der Waals surface area contributed by atoms with Gasteiger partial charge in [0.25, 0.3) is 0 Å². The molecule has 1 aromatic carbocycles. The van der Waals surface area contributed by atoms with Crippen molar-refractivity contribution >= 4 is 18.0 Å². The Morgan fingerprint density at radius 1 is 1.19 bits per heavy atom. The number of carbonyl (C=O) groups is 2. The molecule has 2 amide bonds. The molecule has 1 unspecified atom stereocenters. The second kappa shape index (κ2) is 11.4. The lowest BCUT2D eigenvalue weighted by atomic mass is 10.0. The minimum Gasteiger partial charge on any atom is -0.493 e. The number of alkyl carbamates (subject to hydrolysis) is 1. The van der Waals surface area contributed by atoms with E-state index in [4.69, 9.17) is 9.47 Å². The number of guanidine groups is 1. The Hall–Kier alpha value is -2.97. The summed E-state index contributed by atoms with van der Waals surface area (Å²) in [4.78, 5) is 29.7. The van der Waals surface area contributed by atoms with E-state index in [0.29, 0.717) is 32.1 Å². The van der Waals surface area contributed by atoms with E-state index in [1.165, 1.54) is 4.90 Å². The molecule has 1 heterocycles. The molecule has 9 nitrogen and oxygen atoms in total. The lowest BCUT2D eigenvalue weighted by Gasteiger charge is -2.28. The molecule has 0 radical (unpaired) electrons. The third-order valence-corrected chi connectivity index (χ3v) is 4.45. The fourth-order valence-corrected chi connectivity index (χ4v) is 2.90. The smallest absolute Gasteiger partial charge is 0.407 e. The Kier molecular flexibility index (Phi) is 8.96. The number of likely N-dealkylation sites (N-methyl/N-ethyl adjacent to an activating group) is 1. The van der Waals surface area contributed by atoms with Gasteiger partial charge in [-0.25, -0.2) is 9.79 Å². The van der Waals surface area contributed by atoms with Gasteiger partial charge in [0.05, 0.1) is 12.6 Å². The van der Waals surface area contributed by atoms with Crippen LogP contribution in [0, 0.1) is 0 Å². The van der Waals surface area contributed by atoms with Gasteiger partial charge in [0, 0.05) is 39.2 Å². The molecule has 0 bridgehead atoms. The average molecular weight is 434 g/mol. The summed E-state index contributed by atoms with van der Waals surface area (Å²) in [5.41, 5.74) is 0.541. The highest BCUT2D eigenvalue weighted by molar-refractivity contribution is 5.85. The van der Waals surface area contributed by atoms with Gasteiger partial charge >= 0.3 is 6.09 Å². The third-order valence-electron chi connectivity index (χ3n) is 4.45. The van der Waals surface area contributed by atoms with Gasteiger partial charge in [-0.05, 0) is 33.3 Å². The predicted octanol–water partition coefficient (Wildman–Crippen LogP) is 2.05. The molecular formula is C22H35N5O4. The summed E-state index contributed by atoms with van der Waals surface area (Å²) in [6.45, 7) is 7.17. The molecule has 31 heavy (non-hydrogen) atoms. The van der Waals surface area contributed by atoms with Crippen molar-refractivity contribution in [1.82, 2.24) is 20.9 Å². The number of para-hydroxylation sites is 1. The van der Waals surface area contributed by atoms with Gasteiger partial charge in [0.15, 0.2) is 5.96 Å². The maximum absolute atomic E-state index is 12.0. The topological polar surface area (TPSA) is 104 Å². The fraction of sp³-hybridized carbons (Fsp3) is 0.591. The molecule has 0 fully saturated rings. The maximum Gasteiger partial charge on any atom is 0.407 e. The van der Waals surface area contributed by atoms with Crippen molar-refractivity contribution in [2.45, 2.75) is 45.3 Å². The lowest BCUT2D eigenvalue weighted by molar-refractivity contribution is -0.127. The zero-order valence-corrected chi connectivity index (χ0v) is 19.2. The first-order valence-electron chi connectivity index (χ1n) is 10.6. The summed E-state index contributed by atoms with van der Waals surface area (Å²) >= 11 is 0. The molecular weight excluding hydrogens is 398 g/mol. The van der Waals surface area contributed by atoms with Gasteiger partial charge in [-0.15, -0.1) is 0 Å². The monoisotopic (exact) mass is 433 g/mol. The third kappa shape index (κ3) is 8.74. The Morgan fingerprint density at radius 3 is 2.61 bits per heavy atom. The van der Waals surface area contributed by atoms with Crippen LogP contribution in [-0.4, -0.2) is 68.8 Å². The number of hydrogen-bond donors (Lipinski definition) is 3. The molecule has 1 atom stereocenters. The summed E-state index contributed by atoms with van der Waals surface area (Å²) < 4.78 is 10.9. The summed E-state index contributed by atoms with van der Waals surface area (Å²) in [6, 6.07) is 7.93. The van der Waals surface area contributed by atoms with Crippen LogP contribution in [0.4, 0.5) is 4.79 Å². The molecule has 0 saturated carbocycles. The molecule has 0 saturated heterocycles.